The summed E-state index contributed by atoms with van der Waals surface area (Å²) in [5.41, 5.74) is 2.27. The lowest BCUT2D eigenvalue weighted by molar-refractivity contribution is -0.120. The number of benzene rings is 2. The van der Waals surface area contributed by atoms with Gasteiger partial charge >= 0.3 is 6.09 Å². The van der Waals surface area contributed by atoms with Gasteiger partial charge in [0.2, 0.25) is 5.91 Å². The Kier molecular flexibility index (Phi) is 5.00. The Hall–Kier alpha value is -2.86. The predicted molar refractivity (Wildman–Crippen MR) is 96.6 cm³/mol. The summed E-state index contributed by atoms with van der Waals surface area (Å²) >= 11 is 0. The largest absolute Gasteiger partial charge is 0.447 e. The molecule has 2 aromatic carbocycles. The van der Waals surface area contributed by atoms with E-state index in [-0.39, 0.29) is 12.0 Å². The van der Waals surface area contributed by atoms with E-state index in [2.05, 4.69) is 5.32 Å². The highest BCUT2D eigenvalue weighted by Crippen LogP contribution is 2.24. The third-order valence-electron chi connectivity index (χ3n) is 4.07. The molecule has 0 spiro atoms. The molecule has 1 atom stereocenters. The molecule has 1 heterocycles. The van der Waals surface area contributed by atoms with Gasteiger partial charge < -0.3 is 10.1 Å². The average molecular weight is 339 g/mol. The summed E-state index contributed by atoms with van der Waals surface area (Å²) in [5, 5.41) is 2.94. The fraction of sp³-hybridized carbons (Fsp3) is 0.263. The number of carbonyl (C=O) groups excluding carboxylic acids is 2. The van der Waals surface area contributed by atoms with Gasteiger partial charge in [-0.2, -0.15) is 0 Å². The first kappa shape index (κ1) is 17.0. The Labute approximate surface area is 147 Å². The number of hydrogen-bond donors (Lipinski definition) is 1. The highest BCUT2D eigenvalue weighted by atomic mass is 16.6. The second kappa shape index (κ2) is 7.36. The second-order valence-corrected chi connectivity index (χ2v) is 6.08. The van der Waals surface area contributed by atoms with Crippen molar-refractivity contribution in [2.24, 2.45) is 0 Å². The van der Waals surface area contributed by atoms with E-state index in [1.165, 1.54) is 0 Å². The van der Waals surface area contributed by atoms with Gasteiger partial charge in [-0.25, -0.2) is 4.79 Å². The third-order valence-corrected chi connectivity index (χ3v) is 4.07. The lowest BCUT2D eigenvalue weighted by Gasteiger charge is -2.24. The Morgan fingerprint density at radius 1 is 1.16 bits per heavy atom. The fourth-order valence-electron chi connectivity index (χ4n) is 2.91. The number of nitrogens with one attached hydrogen (secondary N) is 1. The van der Waals surface area contributed by atoms with Gasteiger partial charge in [-0.1, -0.05) is 36.4 Å². The first-order chi connectivity index (χ1) is 12.1. The van der Waals surface area contributed by atoms with Gasteiger partial charge in [-0.15, -0.1) is 0 Å². The molecule has 1 aliphatic rings. The van der Waals surface area contributed by atoms with Gasteiger partial charge in [0.25, 0.3) is 0 Å². The van der Waals surface area contributed by atoms with Crippen LogP contribution in [0.15, 0.2) is 54.6 Å². The normalized spacial score (nSPS) is 15.2. The van der Waals surface area contributed by atoms with Crippen LogP contribution in [0.2, 0.25) is 0 Å². The lowest BCUT2D eigenvalue weighted by atomic mass is 10.1. The molecule has 1 aliphatic heterocycles. The zero-order chi connectivity index (χ0) is 17.8. The van der Waals surface area contributed by atoms with Crippen molar-refractivity contribution < 1.29 is 14.3 Å². The van der Waals surface area contributed by atoms with E-state index in [0.29, 0.717) is 24.5 Å². The summed E-state index contributed by atoms with van der Waals surface area (Å²) in [5.74, 6) is -0.127. The first-order valence-corrected chi connectivity index (χ1v) is 8.13. The maximum absolute atomic E-state index is 12.8. The number of likely N-dealkylation sites (N-methyl/N-ethyl adjacent to an activating group) is 1. The molecule has 6 nitrogen and oxygen atoms in total. The number of amides is 2. The molecule has 25 heavy (non-hydrogen) atoms. The van der Waals surface area contributed by atoms with Crippen molar-refractivity contribution in [3.63, 3.8) is 0 Å². The van der Waals surface area contributed by atoms with Gasteiger partial charge in [0.15, 0.2) is 0 Å². The molecule has 0 saturated carbocycles. The molecule has 6 heteroatoms. The molecular weight excluding hydrogens is 318 g/mol. The molecule has 130 valence electrons. The van der Waals surface area contributed by atoms with Crippen LogP contribution in [0.3, 0.4) is 0 Å². The van der Waals surface area contributed by atoms with E-state index in [4.69, 9.17) is 4.74 Å². The summed E-state index contributed by atoms with van der Waals surface area (Å²) in [6.07, 6.45) is -0.362. The van der Waals surface area contributed by atoms with Gasteiger partial charge in [0, 0.05) is 11.4 Å². The summed E-state index contributed by atoms with van der Waals surface area (Å²) in [7, 11) is 3.74. The maximum atomic E-state index is 12.8. The summed E-state index contributed by atoms with van der Waals surface area (Å²) in [6, 6.07) is 16.4. The average Bonchev–Trinajstić information content (AvgIpc) is 3.02. The molecule has 2 amide bonds. The van der Waals surface area contributed by atoms with Crippen LogP contribution in [-0.2, 0) is 9.53 Å². The fourth-order valence-corrected chi connectivity index (χ4v) is 2.91. The van der Waals surface area contributed by atoms with Crippen molar-refractivity contribution in [1.29, 1.82) is 0 Å². The Bertz CT molecular complexity index is 762. The molecule has 2 aromatic rings. The third kappa shape index (κ3) is 3.80. The minimum Gasteiger partial charge on any atom is -0.447 e. The van der Waals surface area contributed by atoms with Crippen LogP contribution in [0, 0.1) is 0 Å². The molecule has 0 aromatic heterocycles. The number of rotatable bonds is 5. The smallest absolute Gasteiger partial charge is 0.414 e. The highest BCUT2D eigenvalue weighted by Gasteiger charge is 2.25. The zero-order valence-corrected chi connectivity index (χ0v) is 14.3. The van der Waals surface area contributed by atoms with Crippen LogP contribution >= 0.6 is 0 Å². The van der Waals surface area contributed by atoms with E-state index in [1.807, 2.05) is 61.5 Å². The highest BCUT2D eigenvalue weighted by molar-refractivity contribution is 5.97. The number of ether oxygens (including phenoxy) is 1. The number of hydrogen-bond acceptors (Lipinski definition) is 4. The van der Waals surface area contributed by atoms with Crippen LogP contribution in [-0.4, -0.2) is 44.1 Å². The van der Waals surface area contributed by atoms with E-state index < -0.39 is 6.04 Å². The number of carbonyl (C=O) groups is 2. The molecule has 1 saturated heterocycles. The topological polar surface area (TPSA) is 61.9 Å². The standard InChI is InChI=1S/C19H21N3O3/c1-21(2)17(14-7-4-3-5-8-14)18(23)20-15-9-6-10-16(13-15)22-11-12-25-19(22)24/h3-10,13,17H,11-12H2,1-2H3,(H,20,23)/t17-/m1/s1. The monoisotopic (exact) mass is 339 g/mol. The molecular formula is C19H21N3O3. The van der Waals surface area contributed by atoms with Crippen LogP contribution in [0.4, 0.5) is 16.2 Å². The Balaban J connectivity index is 1.79. The van der Waals surface area contributed by atoms with E-state index in [0.717, 1.165) is 5.56 Å². The molecule has 0 radical (unpaired) electrons. The zero-order valence-electron chi connectivity index (χ0n) is 14.3. The van der Waals surface area contributed by atoms with Gasteiger partial charge in [-0.05, 0) is 37.9 Å². The van der Waals surface area contributed by atoms with Crippen molar-refractivity contribution in [1.82, 2.24) is 4.90 Å². The molecule has 0 aliphatic carbocycles. The quantitative estimate of drug-likeness (QED) is 0.910. The SMILES string of the molecule is CN(C)[C@@H](C(=O)Nc1cccc(N2CCOC2=O)c1)c1ccccc1. The van der Waals surface area contributed by atoms with Gasteiger partial charge in [0.05, 0.1) is 6.54 Å². The summed E-state index contributed by atoms with van der Waals surface area (Å²) in [6.45, 7) is 0.896. The molecule has 3 rings (SSSR count). The van der Waals surface area contributed by atoms with Crippen molar-refractivity contribution in [3.8, 4) is 0 Å². The van der Waals surface area contributed by atoms with Crippen molar-refractivity contribution in [3.05, 3.63) is 60.2 Å². The van der Waals surface area contributed by atoms with E-state index in [1.54, 1.807) is 17.0 Å². The molecule has 0 unspecified atom stereocenters. The maximum Gasteiger partial charge on any atom is 0.414 e. The van der Waals surface area contributed by atoms with E-state index in [9.17, 15) is 9.59 Å². The molecule has 0 bridgehead atoms. The second-order valence-electron chi connectivity index (χ2n) is 6.08. The molecule has 1 N–H and O–H groups in total. The van der Waals surface area contributed by atoms with Crippen LogP contribution in [0.25, 0.3) is 0 Å². The van der Waals surface area contributed by atoms with Crippen molar-refractivity contribution >= 4 is 23.4 Å². The lowest BCUT2D eigenvalue weighted by Crippen LogP contribution is -2.32. The van der Waals surface area contributed by atoms with Gasteiger partial charge in [0.1, 0.15) is 12.6 Å². The summed E-state index contributed by atoms with van der Waals surface area (Å²) in [4.78, 5) is 27.9. The molecule has 1 fully saturated rings. The van der Waals surface area contributed by atoms with Crippen molar-refractivity contribution in [2.45, 2.75) is 6.04 Å². The van der Waals surface area contributed by atoms with E-state index >= 15 is 0 Å². The minimum absolute atomic E-state index is 0.127. The van der Waals surface area contributed by atoms with Crippen LogP contribution < -0.4 is 10.2 Å². The Morgan fingerprint density at radius 3 is 2.56 bits per heavy atom. The minimum atomic E-state index is -0.401. The first-order valence-electron chi connectivity index (χ1n) is 8.13. The van der Waals surface area contributed by atoms with Gasteiger partial charge in [-0.3, -0.25) is 14.6 Å². The predicted octanol–water partition coefficient (Wildman–Crippen LogP) is 2.88. The number of cyclic esters (lactones) is 1. The van der Waals surface area contributed by atoms with Crippen LogP contribution in [0.1, 0.15) is 11.6 Å². The number of nitrogens with zero attached hydrogens (tertiary/aromatic N) is 2. The Morgan fingerprint density at radius 2 is 1.92 bits per heavy atom. The number of anilines is 2. The summed E-state index contributed by atoms with van der Waals surface area (Å²) < 4.78 is 4.96. The van der Waals surface area contributed by atoms with Crippen LogP contribution in [0.5, 0.6) is 0 Å². The van der Waals surface area contributed by atoms with Crippen molar-refractivity contribution in [2.75, 3.05) is 37.5 Å².